The van der Waals surface area contributed by atoms with Crippen LogP contribution >= 0.6 is 0 Å². The van der Waals surface area contributed by atoms with Crippen molar-refractivity contribution in [3.8, 4) is 0 Å². The molecule has 5 nitrogen and oxygen atoms in total. The molecule has 0 aliphatic carbocycles. The number of rotatable bonds is 2. The van der Waals surface area contributed by atoms with Crippen molar-refractivity contribution in [3.05, 3.63) is 33.4 Å². The van der Waals surface area contributed by atoms with Crippen LogP contribution in [-0.2, 0) is 0 Å². The zero-order valence-electron chi connectivity index (χ0n) is 7.37. The molecular formula is C8H10N2O3. The summed E-state index contributed by atoms with van der Waals surface area (Å²) in [6, 6.07) is 3.11. The highest BCUT2D eigenvalue weighted by atomic mass is 16.6. The summed E-state index contributed by atoms with van der Waals surface area (Å²) in [5.74, 6) is 0. The van der Waals surface area contributed by atoms with Crippen molar-refractivity contribution >= 4 is 11.4 Å². The van der Waals surface area contributed by atoms with Crippen LogP contribution in [0, 0.1) is 24.0 Å². The Kier molecular flexibility index (Phi) is 2.48. The van der Waals surface area contributed by atoms with Gasteiger partial charge in [0.05, 0.1) is 16.2 Å². The quantitative estimate of drug-likeness (QED) is 0.541. The Morgan fingerprint density at radius 1 is 1.46 bits per heavy atom. The highest BCUT2D eigenvalue weighted by Gasteiger charge is 2.14. The van der Waals surface area contributed by atoms with Crippen LogP contribution in [0.4, 0.5) is 11.4 Å². The smallest absolute Gasteiger partial charge is 0.274 e. The molecule has 0 spiro atoms. The van der Waals surface area contributed by atoms with Gasteiger partial charge in [0.25, 0.3) is 5.69 Å². The number of hydrogen-bond acceptors (Lipinski definition) is 4. The van der Waals surface area contributed by atoms with Gasteiger partial charge in [-0.3, -0.25) is 20.8 Å². The molecule has 0 heterocycles. The SMILES string of the molecule is Cc1cc(NO)c(C)c([N+](=O)[O-])c1. The maximum Gasteiger partial charge on any atom is 0.274 e. The maximum absolute atomic E-state index is 10.5. The number of nitrogens with zero attached hydrogens (tertiary/aromatic N) is 1. The topological polar surface area (TPSA) is 75.4 Å². The molecule has 0 radical (unpaired) electrons. The molecule has 0 atom stereocenters. The molecule has 1 rings (SSSR count). The third-order valence-corrected chi connectivity index (χ3v) is 1.84. The average molecular weight is 182 g/mol. The molecule has 0 bridgehead atoms. The molecule has 0 saturated heterocycles. The van der Waals surface area contributed by atoms with E-state index in [4.69, 9.17) is 5.21 Å². The summed E-state index contributed by atoms with van der Waals surface area (Å²) in [4.78, 5) is 10.1. The summed E-state index contributed by atoms with van der Waals surface area (Å²) in [6.45, 7) is 3.31. The van der Waals surface area contributed by atoms with Crippen LogP contribution in [0.1, 0.15) is 11.1 Å². The average Bonchev–Trinajstić information content (AvgIpc) is 2.08. The van der Waals surface area contributed by atoms with Crippen molar-refractivity contribution in [1.29, 1.82) is 0 Å². The van der Waals surface area contributed by atoms with Crippen LogP contribution in [0.5, 0.6) is 0 Å². The maximum atomic E-state index is 10.5. The van der Waals surface area contributed by atoms with Gasteiger partial charge in [0.2, 0.25) is 0 Å². The van der Waals surface area contributed by atoms with E-state index in [1.165, 1.54) is 6.07 Å². The van der Waals surface area contributed by atoms with Gasteiger partial charge < -0.3 is 0 Å². The molecule has 0 amide bonds. The Morgan fingerprint density at radius 3 is 2.54 bits per heavy atom. The normalized spacial score (nSPS) is 9.77. The molecule has 70 valence electrons. The lowest BCUT2D eigenvalue weighted by Crippen LogP contribution is -1.98. The lowest BCUT2D eigenvalue weighted by atomic mass is 10.1. The van der Waals surface area contributed by atoms with Crippen LogP contribution in [0.2, 0.25) is 0 Å². The Morgan fingerprint density at radius 2 is 2.08 bits per heavy atom. The molecule has 0 saturated carbocycles. The van der Waals surface area contributed by atoms with E-state index in [1.54, 1.807) is 19.9 Å². The molecule has 0 unspecified atom stereocenters. The molecular weight excluding hydrogens is 172 g/mol. The van der Waals surface area contributed by atoms with Crippen molar-refractivity contribution in [2.45, 2.75) is 13.8 Å². The summed E-state index contributed by atoms with van der Waals surface area (Å²) < 4.78 is 0. The Bertz CT molecular complexity index is 349. The molecule has 5 heteroatoms. The fourth-order valence-corrected chi connectivity index (χ4v) is 1.15. The first-order chi connectivity index (χ1) is 6.06. The molecule has 13 heavy (non-hydrogen) atoms. The largest absolute Gasteiger partial charge is 0.291 e. The van der Waals surface area contributed by atoms with Crippen LogP contribution in [0.15, 0.2) is 12.1 Å². The second-order valence-corrected chi connectivity index (χ2v) is 2.83. The lowest BCUT2D eigenvalue weighted by Gasteiger charge is -2.05. The van der Waals surface area contributed by atoms with E-state index in [9.17, 15) is 10.1 Å². The second kappa shape index (κ2) is 3.40. The van der Waals surface area contributed by atoms with Gasteiger partial charge in [-0.05, 0) is 25.5 Å². The predicted octanol–water partition coefficient (Wildman–Crippen LogP) is 2.01. The zero-order chi connectivity index (χ0) is 10.0. The van der Waals surface area contributed by atoms with Crippen LogP contribution in [0.25, 0.3) is 0 Å². The van der Waals surface area contributed by atoms with E-state index >= 15 is 0 Å². The number of nitro groups is 1. The fraction of sp³-hybridized carbons (Fsp3) is 0.250. The minimum Gasteiger partial charge on any atom is -0.291 e. The number of anilines is 1. The Labute approximate surface area is 75.1 Å². The highest BCUT2D eigenvalue weighted by Crippen LogP contribution is 2.26. The third kappa shape index (κ3) is 1.75. The minimum absolute atomic E-state index is 0.0107. The second-order valence-electron chi connectivity index (χ2n) is 2.83. The Hall–Kier alpha value is -1.62. The van der Waals surface area contributed by atoms with Crippen LogP contribution in [-0.4, -0.2) is 10.1 Å². The van der Waals surface area contributed by atoms with Gasteiger partial charge in [0, 0.05) is 6.07 Å². The highest BCUT2D eigenvalue weighted by molar-refractivity contribution is 5.60. The third-order valence-electron chi connectivity index (χ3n) is 1.84. The number of benzene rings is 1. The van der Waals surface area contributed by atoms with E-state index in [-0.39, 0.29) is 5.69 Å². The molecule has 0 aromatic heterocycles. The summed E-state index contributed by atoms with van der Waals surface area (Å²) >= 11 is 0. The van der Waals surface area contributed by atoms with E-state index in [0.717, 1.165) is 5.56 Å². The van der Waals surface area contributed by atoms with Gasteiger partial charge in [-0.2, -0.15) is 0 Å². The van der Waals surface area contributed by atoms with E-state index < -0.39 is 4.92 Å². The number of nitro benzene ring substituents is 1. The predicted molar refractivity (Wildman–Crippen MR) is 48.0 cm³/mol. The Balaban J connectivity index is 3.35. The number of aryl methyl sites for hydroxylation is 1. The monoisotopic (exact) mass is 182 g/mol. The van der Waals surface area contributed by atoms with Crippen molar-refractivity contribution < 1.29 is 10.1 Å². The van der Waals surface area contributed by atoms with Gasteiger partial charge in [-0.25, -0.2) is 0 Å². The molecule has 1 aromatic rings. The van der Waals surface area contributed by atoms with E-state index in [2.05, 4.69) is 0 Å². The minimum atomic E-state index is -0.469. The summed E-state index contributed by atoms with van der Waals surface area (Å²) in [5, 5.41) is 19.2. The van der Waals surface area contributed by atoms with Gasteiger partial charge in [0.15, 0.2) is 0 Å². The molecule has 0 aliphatic rings. The first kappa shape index (κ1) is 9.47. The van der Waals surface area contributed by atoms with Crippen molar-refractivity contribution in [2.24, 2.45) is 0 Å². The van der Waals surface area contributed by atoms with Gasteiger partial charge >= 0.3 is 0 Å². The number of nitrogens with one attached hydrogen (secondary N) is 1. The summed E-state index contributed by atoms with van der Waals surface area (Å²) in [5.41, 5.74) is 3.46. The standard InChI is InChI=1S/C8H10N2O3/c1-5-3-7(9-11)6(2)8(4-5)10(12)13/h3-4,9,11H,1-2H3. The molecule has 0 aliphatic heterocycles. The lowest BCUT2D eigenvalue weighted by molar-refractivity contribution is -0.385. The summed E-state index contributed by atoms with van der Waals surface area (Å²) in [6.07, 6.45) is 0. The van der Waals surface area contributed by atoms with E-state index in [1.807, 2.05) is 5.48 Å². The van der Waals surface area contributed by atoms with Crippen LogP contribution in [0.3, 0.4) is 0 Å². The van der Waals surface area contributed by atoms with Crippen LogP contribution < -0.4 is 5.48 Å². The van der Waals surface area contributed by atoms with Gasteiger partial charge in [-0.1, -0.05) is 0 Å². The molecule has 0 fully saturated rings. The van der Waals surface area contributed by atoms with Crippen molar-refractivity contribution in [2.75, 3.05) is 5.48 Å². The summed E-state index contributed by atoms with van der Waals surface area (Å²) in [7, 11) is 0. The van der Waals surface area contributed by atoms with Gasteiger partial charge in [0.1, 0.15) is 0 Å². The first-order valence-electron chi connectivity index (χ1n) is 3.72. The van der Waals surface area contributed by atoms with Gasteiger partial charge in [-0.15, -0.1) is 0 Å². The van der Waals surface area contributed by atoms with E-state index in [0.29, 0.717) is 11.3 Å². The van der Waals surface area contributed by atoms with Crippen molar-refractivity contribution in [1.82, 2.24) is 0 Å². The van der Waals surface area contributed by atoms with Crippen molar-refractivity contribution in [3.63, 3.8) is 0 Å². The zero-order valence-corrected chi connectivity index (χ0v) is 7.37. The number of hydrogen-bond donors (Lipinski definition) is 2. The fourth-order valence-electron chi connectivity index (χ4n) is 1.15. The molecule has 2 N–H and O–H groups in total. The first-order valence-corrected chi connectivity index (χ1v) is 3.72. The molecule has 1 aromatic carbocycles.